The summed E-state index contributed by atoms with van der Waals surface area (Å²) in [6.45, 7) is 7.61. The van der Waals surface area contributed by atoms with E-state index in [9.17, 15) is 9.59 Å². The highest BCUT2D eigenvalue weighted by molar-refractivity contribution is 5.78. The lowest BCUT2D eigenvalue weighted by molar-refractivity contribution is -0.142. The van der Waals surface area contributed by atoms with Crippen LogP contribution in [0.3, 0.4) is 0 Å². The third-order valence-corrected chi connectivity index (χ3v) is 3.39. The molecule has 1 N–H and O–H groups in total. The van der Waals surface area contributed by atoms with Crippen LogP contribution >= 0.6 is 0 Å². The Labute approximate surface area is 113 Å². The van der Waals surface area contributed by atoms with E-state index in [-0.39, 0.29) is 18.5 Å². The van der Waals surface area contributed by atoms with Gasteiger partial charge in [0.25, 0.3) is 0 Å². The maximum absolute atomic E-state index is 12.3. The van der Waals surface area contributed by atoms with E-state index in [0.717, 1.165) is 0 Å². The molecule has 0 bridgehead atoms. The highest BCUT2D eigenvalue weighted by atomic mass is 16.5. The molecule has 0 aromatic rings. The molecule has 19 heavy (non-hydrogen) atoms. The van der Waals surface area contributed by atoms with E-state index in [2.05, 4.69) is 6.58 Å². The molecule has 2 atom stereocenters. The second kappa shape index (κ2) is 7.13. The number of hydrogen-bond acceptors (Lipinski definition) is 3. The molecule has 1 aliphatic heterocycles. The van der Waals surface area contributed by atoms with Gasteiger partial charge in [-0.25, -0.2) is 4.79 Å². The van der Waals surface area contributed by atoms with E-state index >= 15 is 0 Å². The zero-order valence-corrected chi connectivity index (χ0v) is 11.5. The van der Waals surface area contributed by atoms with Crippen molar-refractivity contribution in [2.24, 2.45) is 11.8 Å². The largest absolute Gasteiger partial charge is 0.481 e. The van der Waals surface area contributed by atoms with Crippen molar-refractivity contribution in [3.8, 4) is 0 Å². The van der Waals surface area contributed by atoms with Gasteiger partial charge in [-0.1, -0.05) is 13.0 Å². The van der Waals surface area contributed by atoms with Crippen molar-refractivity contribution in [3.05, 3.63) is 12.7 Å². The molecule has 1 saturated heterocycles. The fraction of sp³-hybridized carbons (Fsp3) is 0.692. The van der Waals surface area contributed by atoms with Crippen molar-refractivity contribution < 1.29 is 19.4 Å². The highest BCUT2D eigenvalue weighted by Gasteiger charge is 2.38. The van der Waals surface area contributed by atoms with E-state index in [4.69, 9.17) is 9.84 Å². The number of aliphatic carboxylic acids is 1. The van der Waals surface area contributed by atoms with Gasteiger partial charge in [0.15, 0.2) is 0 Å². The van der Waals surface area contributed by atoms with Crippen LogP contribution < -0.4 is 0 Å². The molecule has 0 saturated carbocycles. The molecule has 2 amide bonds. The Kier molecular flexibility index (Phi) is 5.82. The summed E-state index contributed by atoms with van der Waals surface area (Å²) in [5.41, 5.74) is 0. The number of likely N-dealkylation sites (tertiary alicyclic amines) is 1. The second-order valence-corrected chi connectivity index (χ2v) is 4.84. The number of carbonyl (C=O) groups is 2. The second-order valence-electron chi connectivity index (χ2n) is 4.84. The summed E-state index contributed by atoms with van der Waals surface area (Å²) in [7, 11) is 1.58. The standard InChI is InChI=1S/C13H22N2O4/c1-4-5-14(6-7-19-3)13(18)15-8-10(2)11(9-15)12(16)17/h4,10-11H,1,5-9H2,2-3H3,(H,16,17)/t10-,11-/m1/s1. The van der Waals surface area contributed by atoms with Crippen LogP contribution in [0.2, 0.25) is 0 Å². The maximum Gasteiger partial charge on any atom is 0.320 e. The number of hydrogen-bond donors (Lipinski definition) is 1. The van der Waals surface area contributed by atoms with Crippen molar-refractivity contribution in [1.82, 2.24) is 9.80 Å². The smallest absolute Gasteiger partial charge is 0.320 e. The average molecular weight is 270 g/mol. The molecule has 0 radical (unpaired) electrons. The van der Waals surface area contributed by atoms with Gasteiger partial charge in [-0.2, -0.15) is 0 Å². The number of amides is 2. The van der Waals surface area contributed by atoms with E-state index in [0.29, 0.717) is 26.2 Å². The number of ether oxygens (including phenoxy) is 1. The average Bonchev–Trinajstić information content (AvgIpc) is 2.76. The molecular formula is C13H22N2O4. The van der Waals surface area contributed by atoms with Crippen LogP contribution in [0.1, 0.15) is 6.92 Å². The molecule has 0 aromatic carbocycles. The number of nitrogens with zero attached hydrogens (tertiary/aromatic N) is 2. The Balaban J connectivity index is 2.64. The molecule has 0 spiro atoms. The minimum absolute atomic E-state index is 0.0190. The molecule has 6 nitrogen and oxygen atoms in total. The third kappa shape index (κ3) is 3.96. The van der Waals surface area contributed by atoms with Crippen molar-refractivity contribution in [2.75, 3.05) is 39.9 Å². The van der Waals surface area contributed by atoms with Gasteiger partial charge in [-0.05, 0) is 5.92 Å². The zero-order valence-electron chi connectivity index (χ0n) is 11.5. The first-order valence-electron chi connectivity index (χ1n) is 6.37. The number of rotatable bonds is 6. The van der Waals surface area contributed by atoms with E-state index in [1.54, 1.807) is 23.0 Å². The molecule has 6 heteroatoms. The lowest BCUT2D eigenvalue weighted by Crippen LogP contribution is -2.44. The SMILES string of the molecule is C=CCN(CCOC)C(=O)N1C[C@@H](C)[C@H](C(=O)O)C1. The van der Waals surface area contributed by atoms with Crippen LogP contribution in [0.15, 0.2) is 12.7 Å². The summed E-state index contributed by atoms with van der Waals surface area (Å²) in [5.74, 6) is -1.33. The van der Waals surface area contributed by atoms with Crippen LogP contribution in [-0.4, -0.2) is 66.8 Å². The summed E-state index contributed by atoms with van der Waals surface area (Å²) < 4.78 is 4.97. The first kappa shape index (κ1) is 15.5. The number of urea groups is 1. The van der Waals surface area contributed by atoms with E-state index in [1.807, 2.05) is 6.92 Å². The van der Waals surface area contributed by atoms with E-state index in [1.165, 1.54) is 0 Å². The molecule has 1 heterocycles. The lowest BCUT2D eigenvalue weighted by atomic mass is 9.99. The molecule has 0 aliphatic carbocycles. The van der Waals surface area contributed by atoms with Crippen LogP contribution in [-0.2, 0) is 9.53 Å². The van der Waals surface area contributed by atoms with Gasteiger partial charge in [0.05, 0.1) is 12.5 Å². The van der Waals surface area contributed by atoms with Crippen molar-refractivity contribution in [3.63, 3.8) is 0 Å². The quantitative estimate of drug-likeness (QED) is 0.728. The summed E-state index contributed by atoms with van der Waals surface area (Å²) >= 11 is 0. The summed E-state index contributed by atoms with van der Waals surface area (Å²) in [6, 6.07) is -0.146. The summed E-state index contributed by atoms with van der Waals surface area (Å²) in [6.07, 6.45) is 1.65. The van der Waals surface area contributed by atoms with Gasteiger partial charge in [-0.15, -0.1) is 6.58 Å². The Bertz CT molecular complexity index is 346. The molecule has 1 rings (SSSR count). The number of methoxy groups -OCH3 is 1. The van der Waals surface area contributed by atoms with E-state index < -0.39 is 11.9 Å². The van der Waals surface area contributed by atoms with Crippen molar-refractivity contribution in [2.45, 2.75) is 6.92 Å². The zero-order chi connectivity index (χ0) is 14.4. The Morgan fingerprint density at radius 1 is 1.53 bits per heavy atom. The Hall–Kier alpha value is -1.56. The lowest BCUT2D eigenvalue weighted by Gasteiger charge is -2.27. The first-order valence-corrected chi connectivity index (χ1v) is 6.37. The monoisotopic (exact) mass is 270 g/mol. The first-order chi connectivity index (χ1) is 9.01. The molecule has 1 aliphatic rings. The van der Waals surface area contributed by atoms with Gasteiger partial charge in [0, 0.05) is 33.3 Å². The van der Waals surface area contributed by atoms with Crippen LogP contribution in [0.25, 0.3) is 0 Å². The van der Waals surface area contributed by atoms with Gasteiger partial charge in [0.2, 0.25) is 0 Å². The van der Waals surface area contributed by atoms with Crippen LogP contribution in [0, 0.1) is 11.8 Å². The molecule has 108 valence electrons. The van der Waals surface area contributed by atoms with Crippen LogP contribution in [0.4, 0.5) is 4.79 Å². The number of carboxylic acids is 1. The number of carbonyl (C=O) groups excluding carboxylic acids is 1. The minimum atomic E-state index is -0.838. The Morgan fingerprint density at radius 2 is 2.21 bits per heavy atom. The van der Waals surface area contributed by atoms with Gasteiger partial charge in [-0.3, -0.25) is 4.79 Å². The predicted octanol–water partition coefficient (Wildman–Crippen LogP) is 0.893. The van der Waals surface area contributed by atoms with Crippen molar-refractivity contribution >= 4 is 12.0 Å². The summed E-state index contributed by atoms with van der Waals surface area (Å²) in [4.78, 5) is 26.6. The fourth-order valence-corrected chi connectivity index (χ4v) is 2.27. The summed E-state index contributed by atoms with van der Waals surface area (Å²) in [5, 5.41) is 9.08. The topological polar surface area (TPSA) is 70.1 Å². The molecule has 1 fully saturated rings. The normalized spacial score (nSPS) is 22.3. The van der Waals surface area contributed by atoms with Gasteiger partial charge < -0.3 is 19.6 Å². The fourth-order valence-electron chi connectivity index (χ4n) is 2.27. The third-order valence-electron chi connectivity index (χ3n) is 3.39. The predicted molar refractivity (Wildman–Crippen MR) is 70.9 cm³/mol. The Morgan fingerprint density at radius 3 is 2.68 bits per heavy atom. The van der Waals surface area contributed by atoms with Gasteiger partial charge >= 0.3 is 12.0 Å². The minimum Gasteiger partial charge on any atom is -0.481 e. The molecule has 0 aromatic heterocycles. The molecule has 0 unspecified atom stereocenters. The maximum atomic E-state index is 12.3. The van der Waals surface area contributed by atoms with Gasteiger partial charge in [0.1, 0.15) is 0 Å². The molecular weight excluding hydrogens is 248 g/mol. The number of carboxylic acid groups (broad SMARTS) is 1. The van der Waals surface area contributed by atoms with Crippen molar-refractivity contribution in [1.29, 1.82) is 0 Å². The van der Waals surface area contributed by atoms with Crippen LogP contribution in [0.5, 0.6) is 0 Å². The highest BCUT2D eigenvalue weighted by Crippen LogP contribution is 2.24.